The zero-order valence-corrected chi connectivity index (χ0v) is 18.6. The molecule has 0 aliphatic carbocycles. The number of hydrogen-bond acceptors (Lipinski definition) is 8. The molecule has 10 nitrogen and oxygen atoms in total. The highest BCUT2D eigenvalue weighted by atomic mass is 19.4. The van der Waals surface area contributed by atoms with Gasteiger partial charge in [-0.25, -0.2) is 15.1 Å². The lowest BCUT2D eigenvalue weighted by atomic mass is 10.2. The molecule has 196 valence electrons. The van der Waals surface area contributed by atoms with Gasteiger partial charge in [-0.1, -0.05) is 0 Å². The molecule has 1 N–H and O–H groups in total. The lowest BCUT2D eigenvalue weighted by molar-refractivity contribution is -0.150. The van der Waals surface area contributed by atoms with Gasteiger partial charge in [0.25, 0.3) is 11.5 Å². The molecule has 2 aliphatic rings. The first kappa shape index (κ1) is 25.8. The normalized spacial score (nSPS) is 20.0. The maximum Gasteiger partial charge on any atom is 0.421 e. The number of rotatable bonds is 4. The molecule has 0 unspecified atom stereocenters. The van der Waals surface area contributed by atoms with Gasteiger partial charge in [0.1, 0.15) is 11.7 Å². The first-order valence-corrected chi connectivity index (χ1v) is 10.8. The summed E-state index contributed by atoms with van der Waals surface area (Å²) < 4.78 is 82.6. The Balaban J connectivity index is 1.32. The number of morpholine rings is 1. The lowest BCUT2D eigenvalue weighted by Gasteiger charge is -2.38. The number of carbonyl (C=O) groups excluding carboxylic acids is 1. The van der Waals surface area contributed by atoms with Crippen molar-refractivity contribution in [2.75, 3.05) is 50.8 Å². The van der Waals surface area contributed by atoms with Crippen LogP contribution < -0.4 is 10.5 Å². The number of nitrogens with one attached hydrogen (secondary N) is 1. The molecule has 1 amide bonds. The zero-order chi connectivity index (χ0) is 26.1. The minimum Gasteiger partial charge on any atom is -0.366 e. The number of alkyl halides is 6. The first-order valence-electron chi connectivity index (χ1n) is 10.8. The van der Waals surface area contributed by atoms with Crippen molar-refractivity contribution in [3.8, 4) is 0 Å². The Bertz CT molecular complexity index is 1130. The van der Waals surface area contributed by atoms with E-state index < -0.39 is 35.1 Å². The average Bonchev–Trinajstić information content (AvgIpc) is 2.84. The summed E-state index contributed by atoms with van der Waals surface area (Å²) in [5.74, 6) is -0.181. The Morgan fingerprint density at radius 3 is 2.31 bits per heavy atom. The van der Waals surface area contributed by atoms with Gasteiger partial charge < -0.3 is 14.5 Å². The fraction of sp³-hybridized carbons (Fsp3) is 0.550. The number of ether oxygens (including phenoxy) is 1. The number of aromatic amines is 1. The SMILES string of the molecule is O=C([C@H]1CN(Cc2cc(C(F)(F)F)c(=O)[nH]n2)CCO1)N1CCN(c2ncc(C(F)(F)F)cn2)CC1. The molecule has 0 radical (unpaired) electrons. The smallest absolute Gasteiger partial charge is 0.366 e. The van der Waals surface area contributed by atoms with Crippen molar-refractivity contribution in [1.29, 1.82) is 0 Å². The molecular formula is C20H21F6N7O3. The van der Waals surface area contributed by atoms with E-state index in [1.165, 1.54) is 0 Å². The van der Waals surface area contributed by atoms with Gasteiger partial charge in [0.05, 0.1) is 17.9 Å². The molecule has 2 aliphatic heterocycles. The molecule has 2 saturated heterocycles. The minimum absolute atomic E-state index is 0.000167. The van der Waals surface area contributed by atoms with E-state index in [4.69, 9.17) is 4.74 Å². The predicted octanol–water partition coefficient (Wildman–Crippen LogP) is 1.15. The summed E-state index contributed by atoms with van der Waals surface area (Å²) >= 11 is 0. The van der Waals surface area contributed by atoms with Crippen molar-refractivity contribution < 1.29 is 35.9 Å². The number of H-pyrrole nitrogens is 1. The van der Waals surface area contributed by atoms with Gasteiger partial charge in [0.2, 0.25) is 5.95 Å². The number of halogens is 6. The van der Waals surface area contributed by atoms with Crippen LogP contribution in [0.4, 0.5) is 32.3 Å². The highest BCUT2D eigenvalue weighted by Gasteiger charge is 2.36. The third-order valence-electron chi connectivity index (χ3n) is 5.81. The third kappa shape index (κ3) is 5.92. The van der Waals surface area contributed by atoms with Crippen molar-refractivity contribution in [2.24, 2.45) is 0 Å². The van der Waals surface area contributed by atoms with E-state index in [-0.39, 0.29) is 50.3 Å². The van der Waals surface area contributed by atoms with Gasteiger partial charge in [-0.3, -0.25) is 14.5 Å². The largest absolute Gasteiger partial charge is 0.421 e. The molecular weight excluding hydrogens is 500 g/mol. The molecule has 4 rings (SSSR count). The maximum atomic E-state index is 13.0. The number of nitrogens with zero attached hydrogens (tertiary/aromatic N) is 6. The van der Waals surface area contributed by atoms with Gasteiger partial charge >= 0.3 is 12.4 Å². The Kier molecular flexibility index (Phi) is 7.17. The van der Waals surface area contributed by atoms with Crippen LogP contribution in [-0.2, 0) is 28.4 Å². The maximum absolute atomic E-state index is 13.0. The lowest BCUT2D eigenvalue weighted by Crippen LogP contribution is -2.56. The summed E-state index contributed by atoms with van der Waals surface area (Å²) in [7, 11) is 0. The summed E-state index contributed by atoms with van der Waals surface area (Å²) in [6.07, 6.45) is -8.79. The van der Waals surface area contributed by atoms with E-state index in [0.29, 0.717) is 38.1 Å². The number of piperazine rings is 1. The zero-order valence-electron chi connectivity index (χ0n) is 18.6. The number of hydrogen-bond donors (Lipinski definition) is 1. The van der Waals surface area contributed by atoms with E-state index in [1.54, 1.807) is 14.7 Å². The van der Waals surface area contributed by atoms with E-state index >= 15 is 0 Å². The molecule has 2 aromatic heterocycles. The van der Waals surface area contributed by atoms with Crippen LogP contribution in [0.1, 0.15) is 16.8 Å². The fourth-order valence-electron chi connectivity index (χ4n) is 3.92. The van der Waals surface area contributed by atoms with E-state index in [9.17, 15) is 35.9 Å². The fourth-order valence-corrected chi connectivity index (χ4v) is 3.92. The molecule has 0 spiro atoms. The standard InChI is InChI=1S/C20H21F6N7O3/c21-19(22,23)12-8-27-18(28-9-12)33-3-1-32(2-4-33)17(35)15-11-31(5-6-36-15)10-13-7-14(20(24,25)26)16(34)30-29-13/h7-9,15H,1-6,10-11H2,(H,30,34)/t15-/m1/s1. The molecule has 0 bridgehead atoms. The second-order valence-electron chi connectivity index (χ2n) is 8.28. The van der Waals surface area contributed by atoms with Gasteiger partial charge in [0, 0.05) is 58.2 Å². The van der Waals surface area contributed by atoms with E-state index in [0.717, 1.165) is 0 Å². The van der Waals surface area contributed by atoms with Crippen LogP contribution in [0, 0.1) is 0 Å². The van der Waals surface area contributed by atoms with Gasteiger partial charge in [-0.2, -0.15) is 31.4 Å². The molecule has 36 heavy (non-hydrogen) atoms. The van der Waals surface area contributed by atoms with Crippen molar-refractivity contribution in [1.82, 2.24) is 30.0 Å². The molecule has 0 saturated carbocycles. The van der Waals surface area contributed by atoms with Crippen molar-refractivity contribution in [3.05, 3.63) is 45.6 Å². The second kappa shape index (κ2) is 10.0. The molecule has 1 atom stereocenters. The van der Waals surface area contributed by atoms with Crippen LogP contribution in [0.25, 0.3) is 0 Å². The average molecular weight is 521 g/mol. The highest BCUT2D eigenvalue weighted by molar-refractivity contribution is 5.81. The molecule has 2 aromatic rings. The number of amides is 1. The van der Waals surface area contributed by atoms with Crippen LogP contribution in [0.2, 0.25) is 0 Å². The number of carbonyl (C=O) groups is 1. The van der Waals surface area contributed by atoms with E-state index in [2.05, 4.69) is 15.1 Å². The summed E-state index contributed by atoms with van der Waals surface area (Å²) in [5, 5.41) is 5.52. The van der Waals surface area contributed by atoms with Crippen LogP contribution >= 0.6 is 0 Å². The number of anilines is 1. The topological polar surface area (TPSA) is 108 Å². The molecule has 2 fully saturated rings. The Morgan fingerprint density at radius 2 is 1.69 bits per heavy atom. The van der Waals surface area contributed by atoms with Crippen molar-refractivity contribution in [2.45, 2.75) is 25.0 Å². The number of aromatic nitrogens is 4. The summed E-state index contributed by atoms with van der Waals surface area (Å²) in [5.41, 5.74) is -3.63. The minimum atomic E-state index is -4.82. The molecule has 0 aromatic carbocycles. The summed E-state index contributed by atoms with van der Waals surface area (Å²) in [6, 6.07) is 0.688. The molecule has 4 heterocycles. The summed E-state index contributed by atoms with van der Waals surface area (Å²) in [6.45, 7) is 1.74. The Morgan fingerprint density at radius 1 is 1.03 bits per heavy atom. The van der Waals surface area contributed by atoms with Gasteiger partial charge in [-0.15, -0.1) is 0 Å². The molecule has 16 heteroatoms. The van der Waals surface area contributed by atoms with Crippen molar-refractivity contribution in [3.63, 3.8) is 0 Å². The quantitative estimate of drug-likeness (QED) is 0.598. The predicted molar refractivity (Wildman–Crippen MR) is 111 cm³/mol. The third-order valence-corrected chi connectivity index (χ3v) is 5.81. The highest BCUT2D eigenvalue weighted by Crippen LogP contribution is 2.29. The van der Waals surface area contributed by atoms with Crippen molar-refractivity contribution >= 4 is 11.9 Å². The van der Waals surface area contributed by atoms with Crippen LogP contribution in [0.5, 0.6) is 0 Å². The first-order chi connectivity index (χ1) is 16.9. The monoisotopic (exact) mass is 521 g/mol. The van der Waals surface area contributed by atoms with E-state index in [1.807, 2.05) is 5.10 Å². The van der Waals surface area contributed by atoms with Crippen LogP contribution in [0.3, 0.4) is 0 Å². The Hall–Kier alpha value is -3.27. The van der Waals surface area contributed by atoms with Crippen LogP contribution in [0.15, 0.2) is 23.3 Å². The van der Waals surface area contributed by atoms with Gasteiger partial charge in [-0.05, 0) is 6.07 Å². The summed E-state index contributed by atoms with van der Waals surface area (Å²) in [4.78, 5) is 36.8. The Labute approximate surface area is 199 Å². The second-order valence-corrected chi connectivity index (χ2v) is 8.28. The van der Waals surface area contributed by atoms with Crippen LogP contribution in [-0.4, -0.2) is 87.9 Å². The van der Waals surface area contributed by atoms with Gasteiger partial charge in [0.15, 0.2) is 0 Å².